The Bertz CT molecular complexity index is 792. The third-order valence-corrected chi connectivity index (χ3v) is 3.56. The highest BCUT2D eigenvalue weighted by Gasteiger charge is 2.11. The average molecular weight is 369 g/mol. The Morgan fingerprint density at radius 3 is 2.30 bits per heavy atom. The summed E-state index contributed by atoms with van der Waals surface area (Å²) in [6.45, 7) is 4.01. The van der Waals surface area contributed by atoms with Crippen LogP contribution in [0.1, 0.15) is 10.4 Å². The van der Waals surface area contributed by atoms with Crippen LogP contribution in [0.4, 0.5) is 0 Å². The molecule has 0 spiro atoms. The van der Waals surface area contributed by atoms with Gasteiger partial charge in [0.05, 0.1) is 6.20 Å². The first-order valence-corrected chi connectivity index (χ1v) is 7.14. The van der Waals surface area contributed by atoms with Gasteiger partial charge < -0.3 is 17.0 Å². The first-order valence-electron chi connectivity index (χ1n) is 7.14. The largest absolute Gasteiger partial charge is 1.00 e. The normalized spacial score (nSPS) is 9.91. The molecular formula is C19H17BrN2O. The summed E-state index contributed by atoms with van der Waals surface area (Å²) in [6.07, 6.45) is 7.25. The molecule has 1 heterocycles. The lowest BCUT2D eigenvalue weighted by Crippen LogP contribution is -3.00. The molecule has 23 heavy (non-hydrogen) atoms. The molecule has 3 aromatic rings. The van der Waals surface area contributed by atoms with Crippen LogP contribution in [0.3, 0.4) is 0 Å². The molecule has 0 radical (unpaired) electrons. The number of hydrogen-bond donors (Lipinski definition) is 0. The van der Waals surface area contributed by atoms with E-state index in [9.17, 15) is 4.79 Å². The Balaban J connectivity index is 0.00000192. The van der Waals surface area contributed by atoms with Crippen LogP contribution in [0.15, 0.2) is 79.9 Å². The molecule has 0 unspecified atom stereocenters. The van der Waals surface area contributed by atoms with Crippen LogP contribution < -0.4 is 21.5 Å². The van der Waals surface area contributed by atoms with Gasteiger partial charge in [0.2, 0.25) is 12.1 Å². The lowest BCUT2D eigenvalue weighted by Gasteiger charge is -2.03. The molecule has 0 saturated heterocycles. The standard InChI is InChI=1S/C19H17N2O.BrH/c1-2-20-12-13-21(15-20)14-19(22)18-10-8-17(9-11-18)16-6-4-3-5-7-16;/h2-13,15H,1,14H2;1H/q+1;/p-1. The summed E-state index contributed by atoms with van der Waals surface area (Å²) >= 11 is 0. The fraction of sp³-hybridized carbons (Fsp3) is 0.0526. The van der Waals surface area contributed by atoms with Crippen LogP contribution in [0.5, 0.6) is 0 Å². The number of Topliss-reactive ketones (excluding diaryl/α,β-unsaturated/α-hetero) is 1. The van der Waals surface area contributed by atoms with Crippen LogP contribution in [0, 0.1) is 0 Å². The minimum Gasteiger partial charge on any atom is -1.00 e. The zero-order chi connectivity index (χ0) is 15.4. The third-order valence-electron chi connectivity index (χ3n) is 3.56. The average Bonchev–Trinajstić information content (AvgIpc) is 3.03. The summed E-state index contributed by atoms with van der Waals surface area (Å²) in [5.74, 6) is 0.0893. The number of ketones is 1. The van der Waals surface area contributed by atoms with Crippen LogP contribution >= 0.6 is 0 Å². The van der Waals surface area contributed by atoms with Gasteiger partial charge in [0.15, 0.2) is 6.54 Å². The van der Waals surface area contributed by atoms with Gasteiger partial charge in [-0.3, -0.25) is 4.79 Å². The molecule has 0 aliphatic carbocycles. The van der Waals surface area contributed by atoms with E-state index in [0.717, 1.165) is 16.7 Å². The number of nitrogens with zero attached hydrogens (tertiary/aromatic N) is 2. The van der Waals surface area contributed by atoms with Crippen molar-refractivity contribution in [2.24, 2.45) is 0 Å². The highest BCUT2D eigenvalue weighted by molar-refractivity contribution is 5.95. The van der Waals surface area contributed by atoms with E-state index in [2.05, 4.69) is 18.7 Å². The van der Waals surface area contributed by atoms with E-state index in [1.807, 2.05) is 70.3 Å². The van der Waals surface area contributed by atoms with Crippen molar-refractivity contribution in [3.8, 4) is 11.1 Å². The number of aromatic nitrogens is 2. The van der Waals surface area contributed by atoms with Crippen LogP contribution in [0.25, 0.3) is 17.3 Å². The molecule has 2 aromatic carbocycles. The second-order valence-corrected chi connectivity index (χ2v) is 5.08. The number of carbonyl (C=O) groups is 1. The minimum atomic E-state index is 0. The molecule has 0 fully saturated rings. The second kappa shape index (κ2) is 7.70. The van der Waals surface area contributed by atoms with Crippen molar-refractivity contribution >= 4 is 12.0 Å². The van der Waals surface area contributed by atoms with Crippen molar-refractivity contribution in [2.45, 2.75) is 6.54 Å². The van der Waals surface area contributed by atoms with Gasteiger partial charge in [-0.25, -0.2) is 9.13 Å². The number of benzene rings is 2. The molecule has 0 atom stereocenters. The predicted molar refractivity (Wildman–Crippen MR) is 87.2 cm³/mol. The summed E-state index contributed by atoms with van der Waals surface area (Å²) in [4.78, 5) is 12.3. The third kappa shape index (κ3) is 4.05. The van der Waals surface area contributed by atoms with Gasteiger partial charge in [0.25, 0.3) is 0 Å². The van der Waals surface area contributed by atoms with E-state index < -0.39 is 0 Å². The van der Waals surface area contributed by atoms with Gasteiger partial charge in [-0.1, -0.05) is 61.2 Å². The zero-order valence-corrected chi connectivity index (χ0v) is 14.2. The van der Waals surface area contributed by atoms with Crippen LogP contribution in [0.2, 0.25) is 0 Å². The van der Waals surface area contributed by atoms with Gasteiger partial charge in [-0.05, 0) is 11.1 Å². The van der Waals surface area contributed by atoms with Crippen molar-refractivity contribution in [3.05, 3.63) is 85.5 Å². The molecule has 0 aliphatic heterocycles. The van der Waals surface area contributed by atoms with Gasteiger partial charge >= 0.3 is 0 Å². The quantitative estimate of drug-likeness (QED) is 0.473. The van der Waals surface area contributed by atoms with Crippen molar-refractivity contribution < 1.29 is 26.3 Å². The van der Waals surface area contributed by atoms with Gasteiger partial charge in [0, 0.05) is 5.56 Å². The summed E-state index contributed by atoms with van der Waals surface area (Å²) < 4.78 is 3.65. The lowest BCUT2D eigenvalue weighted by atomic mass is 10.0. The molecule has 1 aromatic heterocycles. The number of halogens is 1. The highest BCUT2D eigenvalue weighted by Crippen LogP contribution is 2.19. The number of carbonyl (C=O) groups excluding carboxylic acids is 1. The molecule has 0 amide bonds. The minimum absolute atomic E-state index is 0. The fourth-order valence-electron chi connectivity index (χ4n) is 2.35. The molecule has 116 valence electrons. The maximum atomic E-state index is 12.3. The van der Waals surface area contributed by atoms with E-state index in [4.69, 9.17) is 0 Å². The smallest absolute Gasteiger partial charge is 0.248 e. The maximum absolute atomic E-state index is 12.3. The Morgan fingerprint density at radius 2 is 1.70 bits per heavy atom. The Hall–Kier alpha value is -2.46. The predicted octanol–water partition coefficient (Wildman–Crippen LogP) is 0.430. The summed E-state index contributed by atoms with van der Waals surface area (Å²) in [6, 6.07) is 17.9. The molecule has 3 nitrogen and oxygen atoms in total. The first-order chi connectivity index (χ1) is 10.8. The molecule has 0 N–H and O–H groups in total. The number of hydrogen-bond acceptors (Lipinski definition) is 1. The van der Waals surface area contributed by atoms with Crippen molar-refractivity contribution in [2.75, 3.05) is 0 Å². The van der Waals surface area contributed by atoms with E-state index in [0.29, 0.717) is 6.54 Å². The summed E-state index contributed by atoms with van der Waals surface area (Å²) in [5, 5.41) is 0. The van der Waals surface area contributed by atoms with Gasteiger partial charge in [-0.2, -0.15) is 0 Å². The second-order valence-electron chi connectivity index (χ2n) is 5.08. The zero-order valence-electron chi connectivity index (χ0n) is 12.6. The monoisotopic (exact) mass is 368 g/mol. The van der Waals surface area contributed by atoms with E-state index in [1.165, 1.54) is 0 Å². The number of rotatable bonds is 5. The van der Waals surface area contributed by atoms with Crippen LogP contribution in [-0.2, 0) is 6.54 Å². The Kier molecular flexibility index (Phi) is 5.66. The van der Waals surface area contributed by atoms with Crippen molar-refractivity contribution in [3.63, 3.8) is 0 Å². The lowest BCUT2D eigenvalue weighted by molar-refractivity contribution is -0.682. The number of imidazole rings is 1. The molecule has 0 saturated carbocycles. The highest BCUT2D eigenvalue weighted by atomic mass is 79.9. The molecule has 0 bridgehead atoms. The van der Waals surface area contributed by atoms with Crippen LogP contribution in [-0.4, -0.2) is 10.4 Å². The maximum Gasteiger partial charge on any atom is 0.248 e. The van der Waals surface area contributed by atoms with Crippen molar-refractivity contribution in [1.82, 2.24) is 4.57 Å². The van der Waals surface area contributed by atoms with E-state index >= 15 is 0 Å². The Labute approximate surface area is 146 Å². The summed E-state index contributed by atoms with van der Waals surface area (Å²) in [7, 11) is 0. The van der Waals surface area contributed by atoms with Gasteiger partial charge in [0.1, 0.15) is 12.4 Å². The van der Waals surface area contributed by atoms with Crippen molar-refractivity contribution in [1.29, 1.82) is 0 Å². The topological polar surface area (TPSA) is 25.9 Å². The van der Waals surface area contributed by atoms with E-state index in [-0.39, 0.29) is 22.8 Å². The summed E-state index contributed by atoms with van der Waals surface area (Å²) in [5.41, 5.74) is 2.99. The molecular weight excluding hydrogens is 352 g/mol. The first kappa shape index (κ1) is 16.9. The fourth-order valence-corrected chi connectivity index (χ4v) is 2.35. The van der Waals surface area contributed by atoms with Gasteiger partial charge in [-0.15, -0.1) is 0 Å². The molecule has 4 heteroatoms. The Morgan fingerprint density at radius 1 is 1.04 bits per heavy atom. The molecule has 0 aliphatic rings. The SMILES string of the molecule is C=Cn1cc[n+](CC(=O)c2ccc(-c3ccccc3)cc2)c1.[Br-]. The molecule has 3 rings (SSSR count). The van der Waals surface area contributed by atoms with E-state index in [1.54, 1.807) is 6.20 Å².